The summed E-state index contributed by atoms with van der Waals surface area (Å²) in [6.07, 6.45) is 7.53. The van der Waals surface area contributed by atoms with Gasteiger partial charge < -0.3 is 5.32 Å². The molecule has 2 aromatic rings. The highest BCUT2D eigenvalue weighted by molar-refractivity contribution is 9.10. The quantitative estimate of drug-likeness (QED) is 0.823. The van der Waals surface area contributed by atoms with Gasteiger partial charge >= 0.3 is 0 Å². The average molecular weight is 357 g/mol. The monoisotopic (exact) mass is 356 g/mol. The summed E-state index contributed by atoms with van der Waals surface area (Å²) in [5.41, 5.74) is 1.08. The number of nitrogens with one attached hydrogen (secondary N) is 1. The third kappa shape index (κ3) is 3.09. The first-order valence-electron chi connectivity index (χ1n) is 6.61. The summed E-state index contributed by atoms with van der Waals surface area (Å²) in [4.78, 5) is 4.70. The molecule has 0 aliphatic heterocycles. The zero-order valence-corrected chi connectivity index (χ0v) is 14.1. The summed E-state index contributed by atoms with van der Waals surface area (Å²) in [6, 6.07) is 6.88. The molecule has 0 spiro atoms. The number of anilines is 1. The second kappa shape index (κ2) is 6.02. The van der Waals surface area contributed by atoms with Gasteiger partial charge in [0.25, 0.3) is 0 Å². The van der Waals surface area contributed by atoms with Crippen molar-refractivity contribution in [3.63, 3.8) is 0 Å². The van der Waals surface area contributed by atoms with Crippen LogP contribution >= 0.6 is 39.0 Å². The predicted molar refractivity (Wildman–Crippen MR) is 90.5 cm³/mol. The van der Waals surface area contributed by atoms with Gasteiger partial charge in [0.2, 0.25) is 0 Å². The summed E-state index contributed by atoms with van der Waals surface area (Å²) < 4.78 is 2.35. The number of hydrogen-bond acceptors (Lipinski definition) is 4. The maximum atomic E-state index is 4.70. The Morgan fingerprint density at radius 3 is 3.05 bits per heavy atom. The molecule has 2 atom stereocenters. The molecule has 1 aliphatic rings. The van der Waals surface area contributed by atoms with Crippen LogP contribution < -0.4 is 5.32 Å². The van der Waals surface area contributed by atoms with Crippen molar-refractivity contribution in [1.29, 1.82) is 0 Å². The van der Waals surface area contributed by atoms with Crippen molar-refractivity contribution in [2.24, 2.45) is 0 Å². The minimum absolute atomic E-state index is 0.577. The minimum Gasteiger partial charge on any atom is -0.358 e. The van der Waals surface area contributed by atoms with Gasteiger partial charge in [-0.2, -0.15) is 11.8 Å². The number of benzene rings is 1. The maximum Gasteiger partial charge on any atom is 0.184 e. The fraction of sp³-hybridized carbons (Fsp3) is 0.500. The van der Waals surface area contributed by atoms with Crippen molar-refractivity contribution in [1.82, 2.24) is 4.98 Å². The highest BCUT2D eigenvalue weighted by atomic mass is 79.9. The lowest BCUT2D eigenvalue weighted by molar-refractivity contribution is 0.475. The molecule has 2 nitrogen and oxygen atoms in total. The fourth-order valence-electron chi connectivity index (χ4n) is 2.66. The molecular weight excluding hydrogens is 340 g/mol. The number of fused-ring (bicyclic) bond motifs is 1. The molecule has 2 unspecified atom stereocenters. The number of thiazole rings is 1. The van der Waals surface area contributed by atoms with Gasteiger partial charge in [-0.15, -0.1) is 0 Å². The van der Waals surface area contributed by atoms with Crippen LogP contribution in [-0.4, -0.2) is 22.5 Å². The molecule has 1 N–H and O–H groups in total. The Balaban J connectivity index is 1.80. The second-order valence-electron chi connectivity index (χ2n) is 4.94. The molecule has 0 radical (unpaired) electrons. The third-order valence-electron chi connectivity index (χ3n) is 3.66. The van der Waals surface area contributed by atoms with Gasteiger partial charge in [-0.1, -0.05) is 40.1 Å². The van der Waals surface area contributed by atoms with Crippen LogP contribution in [0.2, 0.25) is 0 Å². The molecular formula is C14H17BrN2S2. The zero-order valence-electron chi connectivity index (χ0n) is 10.9. The molecule has 1 aromatic heterocycles. The first kappa shape index (κ1) is 13.7. The molecule has 1 fully saturated rings. The van der Waals surface area contributed by atoms with E-state index < -0.39 is 0 Å². The maximum absolute atomic E-state index is 4.70. The molecule has 3 rings (SSSR count). The van der Waals surface area contributed by atoms with Crippen LogP contribution in [0.15, 0.2) is 22.7 Å². The van der Waals surface area contributed by atoms with E-state index in [0.717, 1.165) is 20.4 Å². The Hall–Kier alpha value is -0.260. The third-order valence-corrected chi connectivity index (χ3v) is 6.29. The van der Waals surface area contributed by atoms with E-state index in [-0.39, 0.29) is 0 Å². The summed E-state index contributed by atoms with van der Waals surface area (Å²) in [7, 11) is 0. The van der Waals surface area contributed by atoms with Crippen molar-refractivity contribution in [3.05, 3.63) is 22.7 Å². The first-order valence-corrected chi connectivity index (χ1v) is 9.51. The smallest absolute Gasteiger partial charge is 0.184 e. The van der Waals surface area contributed by atoms with Crippen molar-refractivity contribution < 1.29 is 0 Å². The Labute approximate surface area is 130 Å². The van der Waals surface area contributed by atoms with Crippen LogP contribution in [0, 0.1) is 0 Å². The molecule has 1 saturated carbocycles. The molecule has 0 bridgehead atoms. The first-order chi connectivity index (χ1) is 9.26. The zero-order chi connectivity index (χ0) is 13.2. The highest BCUT2D eigenvalue weighted by Gasteiger charge is 2.24. The van der Waals surface area contributed by atoms with Crippen molar-refractivity contribution >= 4 is 54.4 Å². The van der Waals surface area contributed by atoms with Gasteiger partial charge in [-0.05, 0) is 37.3 Å². The summed E-state index contributed by atoms with van der Waals surface area (Å²) in [5.74, 6) is 0. The van der Waals surface area contributed by atoms with Crippen LogP contribution in [0.1, 0.15) is 25.7 Å². The van der Waals surface area contributed by atoms with Crippen LogP contribution in [0.25, 0.3) is 10.2 Å². The Morgan fingerprint density at radius 1 is 1.37 bits per heavy atom. The van der Waals surface area contributed by atoms with Gasteiger partial charge in [0.15, 0.2) is 5.13 Å². The number of aromatic nitrogens is 1. The van der Waals surface area contributed by atoms with Crippen LogP contribution in [-0.2, 0) is 0 Å². The normalized spacial score (nSPS) is 23.7. The molecule has 19 heavy (non-hydrogen) atoms. The second-order valence-corrected chi connectivity index (χ2v) is 7.96. The largest absolute Gasteiger partial charge is 0.358 e. The van der Waals surface area contributed by atoms with E-state index in [1.54, 1.807) is 11.3 Å². The number of thioether (sulfide) groups is 1. The Kier molecular flexibility index (Phi) is 4.34. The van der Waals surface area contributed by atoms with E-state index in [4.69, 9.17) is 4.98 Å². The van der Waals surface area contributed by atoms with E-state index in [1.807, 2.05) is 11.8 Å². The van der Waals surface area contributed by atoms with Gasteiger partial charge in [0.1, 0.15) is 0 Å². The molecule has 0 amide bonds. The summed E-state index contributed by atoms with van der Waals surface area (Å²) >= 11 is 7.25. The van der Waals surface area contributed by atoms with Gasteiger partial charge in [0.05, 0.1) is 10.2 Å². The number of nitrogens with zero attached hydrogens (tertiary/aromatic N) is 1. The SMILES string of the molecule is CSC1CCCCC1Nc1nc2cc(Br)ccc2s1. The van der Waals surface area contributed by atoms with E-state index >= 15 is 0 Å². The highest BCUT2D eigenvalue weighted by Crippen LogP contribution is 2.33. The predicted octanol–water partition coefficient (Wildman–Crippen LogP) is 5.14. The van der Waals surface area contributed by atoms with E-state index in [2.05, 4.69) is 45.7 Å². The van der Waals surface area contributed by atoms with Crippen LogP contribution in [0.4, 0.5) is 5.13 Å². The molecule has 1 aliphatic carbocycles. The fourth-order valence-corrected chi connectivity index (χ4v) is 4.86. The van der Waals surface area contributed by atoms with E-state index in [9.17, 15) is 0 Å². The van der Waals surface area contributed by atoms with E-state index in [0.29, 0.717) is 6.04 Å². The lowest BCUT2D eigenvalue weighted by Crippen LogP contribution is -2.34. The lowest BCUT2D eigenvalue weighted by Gasteiger charge is -2.30. The van der Waals surface area contributed by atoms with Crippen LogP contribution in [0.3, 0.4) is 0 Å². The van der Waals surface area contributed by atoms with Gasteiger partial charge in [-0.25, -0.2) is 4.98 Å². The Morgan fingerprint density at radius 2 is 2.21 bits per heavy atom. The minimum atomic E-state index is 0.577. The topological polar surface area (TPSA) is 24.9 Å². The van der Waals surface area contributed by atoms with Gasteiger partial charge in [0, 0.05) is 15.8 Å². The lowest BCUT2D eigenvalue weighted by atomic mass is 9.95. The molecule has 0 saturated heterocycles. The van der Waals surface area contributed by atoms with Crippen molar-refractivity contribution in [2.75, 3.05) is 11.6 Å². The number of rotatable bonds is 3. The number of hydrogen-bond donors (Lipinski definition) is 1. The molecule has 1 aromatic carbocycles. The number of halogens is 1. The van der Waals surface area contributed by atoms with Gasteiger partial charge in [-0.3, -0.25) is 0 Å². The Bertz CT molecular complexity index is 570. The summed E-state index contributed by atoms with van der Waals surface area (Å²) in [5, 5.41) is 5.46. The molecule has 5 heteroatoms. The molecule has 102 valence electrons. The van der Waals surface area contributed by atoms with Crippen LogP contribution in [0.5, 0.6) is 0 Å². The van der Waals surface area contributed by atoms with Crippen molar-refractivity contribution in [3.8, 4) is 0 Å². The van der Waals surface area contributed by atoms with Crippen molar-refractivity contribution in [2.45, 2.75) is 37.0 Å². The standard InChI is InChI=1S/C14H17BrN2S2/c1-18-12-5-3-2-4-10(12)16-14-17-11-8-9(15)6-7-13(11)19-14/h6-8,10,12H,2-5H2,1H3,(H,16,17). The molecule has 1 heterocycles. The summed E-state index contributed by atoms with van der Waals surface area (Å²) in [6.45, 7) is 0. The average Bonchev–Trinajstić information content (AvgIpc) is 2.80. The van der Waals surface area contributed by atoms with E-state index in [1.165, 1.54) is 30.4 Å².